The lowest BCUT2D eigenvalue weighted by Crippen LogP contribution is -2.20. The lowest BCUT2D eigenvalue weighted by molar-refractivity contribution is -0.142. The summed E-state index contributed by atoms with van der Waals surface area (Å²) in [5, 5.41) is 31.6. The predicted molar refractivity (Wildman–Crippen MR) is 117 cm³/mol. The second-order valence-electron chi connectivity index (χ2n) is 7.86. The van der Waals surface area contributed by atoms with Crippen LogP contribution in [-0.4, -0.2) is 32.3 Å². The van der Waals surface area contributed by atoms with Gasteiger partial charge in [-0.05, 0) is 67.0 Å². The summed E-state index contributed by atoms with van der Waals surface area (Å²) in [5.41, 5.74) is 3.12. The van der Waals surface area contributed by atoms with Crippen molar-refractivity contribution in [1.29, 1.82) is 0 Å². The number of nitrogens with one attached hydrogen (secondary N) is 2. The van der Waals surface area contributed by atoms with E-state index in [0.29, 0.717) is 30.1 Å². The van der Waals surface area contributed by atoms with Gasteiger partial charge in [0.15, 0.2) is 0 Å². The van der Waals surface area contributed by atoms with Gasteiger partial charge in [0.05, 0.1) is 12.5 Å². The van der Waals surface area contributed by atoms with Crippen LogP contribution in [0.15, 0.2) is 52.9 Å². The summed E-state index contributed by atoms with van der Waals surface area (Å²) in [6.45, 7) is -0.0879. The monoisotopic (exact) mass is 436 g/mol. The highest BCUT2D eigenvalue weighted by atomic mass is 16.4. The third kappa shape index (κ3) is 5.12. The van der Waals surface area contributed by atoms with Crippen LogP contribution < -0.4 is 10.6 Å². The third-order valence-corrected chi connectivity index (χ3v) is 5.70. The number of anilines is 3. The minimum Gasteiger partial charge on any atom is -0.481 e. The van der Waals surface area contributed by atoms with Gasteiger partial charge in [-0.25, -0.2) is 0 Å². The summed E-state index contributed by atoms with van der Waals surface area (Å²) >= 11 is 0. The maximum absolute atomic E-state index is 12.4. The molecule has 4 rings (SSSR count). The first-order chi connectivity index (χ1) is 15.5. The number of hydrogen-bond donors (Lipinski definition) is 4. The van der Waals surface area contributed by atoms with E-state index in [0.717, 1.165) is 24.0 Å². The number of carboxylic acid groups (broad SMARTS) is 1. The normalized spacial score (nSPS) is 18.2. The van der Waals surface area contributed by atoms with Crippen LogP contribution in [0.5, 0.6) is 0 Å². The average molecular weight is 436 g/mol. The summed E-state index contributed by atoms with van der Waals surface area (Å²) in [6, 6.07) is 14.7. The molecule has 0 radical (unpaired) electrons. The first-order valence-corrected chi connectivity index (χ1v) is 10.5. The van der Waals surface area contributed by atoms with Crippen LogP contribution in [0, 0.1) is 5.92 Å². The first kappa shape index (κ1) is 21.5. The molecule has 0 spiro atoms. The Balaban J connectivity index is 1.34. The second kappa shape index (κ2) is 9.61. The molecule has 1 heterocycles. The van der Waals surface area contributed by atoms with E-state index < -0.39 is 11.9 Å². The standard InChI is InChI=1S/C23H24N4O5/c28-13-14-2-1-3-19(12-14)25-23-27-26-21(32-23)20(29)24-18-10-8-16(9-11-18)15-4-6-17(7-5-15)22(30)31/h1-3,8-12,15,17,28H,4-7,13H2,(H,24,29)(H,25,27)(H,30,31). The van der Waals surface area contributed by atoms with Crippen molar-refractivity contribution in [2.24, 2.45) is 5.92 Å². The fourth-order valence-corrected chi connectivity index (χ4v) is 3.93. The fraction of sp³-hybridized carbons (Fsp3) is 0.304. The fourth-order valence-electron chi connectivity index (χ4n) is 3.93. The Morgan fingerprint density at radius 2 is 1.75 bits per heavy atom. The zero-order valence-electron chi connectivity index (χ0n) is 17.3. The lowest BCUT2D eigenvalue weighted by atomic mass is 9.79. The molecule has 9 nitrogen and oxygen atoms in total. The molecule has 4 N–H and O–H groups in total. The van der Waals surface area contributed by atoms with Crippen LogP contribution in [-0.2, 0) is 11.4 Å². The van der Waals surface area contributed by atoms with Crippen LogP contribution >= 0.6 is 0 Å². The van der Waals surface area contributed by atoms with Gasteiger partial charge in [-0.3, -0.25) is 9.59 Å². The Morgan fingerprint density at radius 1 is 1.00 bits per heavy atom. The number of hydrogen-bond acceptors (Lipinski definition) is 7. The van der Waals surface area contributed by atoms with Gasteiger partial charge in [-0.15, -0.1) is 5.10 Å². The highest BCUT2D eigenvalue weighted by Crippen LogP contribution is 2.36. The molecule has 0 aliphatic heterocycles. The quantitative estimate of drug-likeness (QED) is 0.437. The summed E-state index contributed by atoms with van der Waals surface area (Å²) in [5.74, 6) is -1.31. The molecule has 0 bridgehead atoms. The number of aliphatic carboxylic acids is 1. The van der Waals surface area contributed by atoms with Gasteiger partial charge < -0.3 is 25.3 Å². The molecule has 166 valence electrons. The minimum absolute atomic E-state index is 0.0672. The van der Waals surface area contributed by atoms with Crippen molar-refractivity contribution in [3.8, 4) is 0 Å². The summed E-state index contributed by atoms with van der Waals surface area (Å²) < 4.78 is 5.39. The molecule has 1 saturated carbocycles. The number of rotatable bonds is 7. The number of carboxylic acids is 1. The summed E-state index contributed by atoms with van der Waals surface area (Å²) in [7, 11) is 0. The number of amides is 1. The number of aliphatic hydroxyl groups is 1. The number of benzene rings is 2. The summed E-state index contributed by atoms with van der Waals surface area (Å²) in [6.07, 6.45) is 3.08. The molecular weight excluding hydrogens is 412 g/mol. The zero-order chi connectivity index (χ0) is 22.5. The highest BCUT2D eigenvalue weighted by molar-refractivity contribution is 6.00. The zero-order valence-corrected chi connectivity index (χ0v) is 17.3. The van der Waals surface area contributed by atoms with Crippen LogP contribution in [0.4, 0.5) is 17.4 Å². The maximum atomic E-state index is 12.4. The number of aliphatic hydroxyl groups excluding tert-OH is 1. The van der Waals surface area contributed by atoms with Gasteiger partial charge in [-0.1, -0.05) is 29.4 Å². The molecule has 3 aromatic rings. The highest BCUT2D eigenvalue weighted by Gasteiger charge is 2.26. The number of carbonyl (C=O) groups is 2. The molecule has 1 amide bonds. The molecule has 9 heteroatoms. The average Bonchev–Trinajstić information content (AvgIpc) is 3.28. The number of carbonyl (C=O) groups excluding carboxylic acids is 1. The van der Waals surface area contributed by atoms with Gasteiger partial charge in [-0.2, -0.15) is 0 Å². The van der Waals surface area contributed by atoms with Gasteiger partial charge in [0.1, 0.15) is 0 Å². The van der Waals surface area contributed by atoms with Crippen molar-refractivity contribution in [3.05, 3.63) is 65.5 Å². The first-order valence-electron chi connectivity index (χ1n) is 10.5. The largest absolute Gasteiger partial charge is 0.481 e. The molecule has 2 aromatic carbocycles. The van der Waals surface area contributed by atoms with Crippen LogP contribution in [0.25, 0.3) is 0 Å². The molecular formula is C23H24N4O5. The SMILES string of the molecule is O=C(Nc1ccc(C2CCC(C(=O)O)CC2)cc1)c1nnc(Nc2cccc(CO)c2)o1. The van der Waals surface area contributed by atoms with E-state index >= 15 is 0 Å². The molecule has 0 saturated heterocycles. The van der Waals surface area contributed by atoms with E-state index in [-0.39, 0.29) is 24.4 Å². The van der Waals surface area contributed by atoms with Crippen LogP contribution in [0.1, 0.15) is 53.4 Å². The van der Waals surface area contributed by atoms with E-state index in [1.165, 1.54) is 0 Å². The molecule has 1 fully saturated rings. The van der Waals surface area contributed by atoms with Crippen molar-refractivity contribution < 1.29 is 24.2 Å². The Morgan fingerprint density at radius 3 is 2.44 bits per heavy atom. The lowest BCUT2D eigenvalue weighted by Gasteiger charge is -2.26. The second-order valence-corrected chi connectivity index (χ2v) is 7.86. The molecule has 0 atom stereocenters. The third-order valence-electron chi connectivity index (χ3n) is 5.70. The Kier molecular flexibility index (Phi) is 6.46. The molecule has 1 aromatic heterocycles. The smallest absolute Gasteiger partial charge is 0.320 e. The summed E-state index contributed by atoms with van der Waals surface area (Å²) in [4.78, 5) is 23.6. The van der Waals surface area contributed by atoms with E-state index in [1.54, 1.807) is 24.3 Å². The van der Waals surface area contributed by atoms with Gasteiger partial charge in [0.2, 0.25) is 0 Å². The van der Waals surface area contributed by atoms with Crippen molar-refractivity contribution in [2.45, 2.75) is 38.2 Å². The Bertz CT molecular complexity index is 1090. The van der Waals surface area contributed by atoms with Crippen molar-refractivity contribution in [2.75, 3.05) is 10.6 Å². The number of aromatic nitrogens is 2. The topological polar surface area (TPSA) is 138 Å². The molecule has 1 aliphatic carbocycles. The van der Waals surface area contributed by atoms with E-state index in [2.05, 4.69) is 20.8 Å². The van der Waals surface area contributed by atoms with Crippen molar-refractivity contribution in [1.82, 2.24) is 10.2 Å². The van der Waals surface area contributed by atoms with Crippen LogP contribution in [0.2, 0.25) is 0 Å². The molecule has 32 heavy (non-hydrogen) atoms. The van der Waals surface area contributed by atoms with Crippen LogP contribution in [0.3, 0.4) is 0 Å². The van der Waals surface area contributed by atoms with E-state index in [4.69, 9.17) is 9.52 Å². The van der Waals surface area contributed by atoms with Crippen molar-refractivity contribution >= 4 is 29.3 Å². The van der Waals surface area contributed by atoms with Gasteiger partial charge >= 0.3 is 23.8 Å². The maximum Gasteiger partial charge on any atom is 0.320 e. The predicted octanol–water partition coefficient (Wildman–Crippen LogP) is 3.92. The van der Waals surface area contributed by atoms with E-state index in [1.807, 2.05) is 24.3 Å². The van der Waals surface area contributed by atoms with E-state index in [9.17, 15) is 14.7 Å². The van der Waals surface area contributed by atoms with Gasteiger partial charge in [0.25, 0.3) is 0 Å². The van der Waals surface area contributed by atoms with Crippen molar-refractivity contribution in [3.63, 3.8) is 0 Å². The number of nitrogens with zero attached hydrogens (tertiary/aromatic N) is 2. The Labute approximate surface area is 184 Å². The molecule has 0 unspecified atom stereocenters. The minimum atomic E-state index is -0.709. The van der Waals surface area contributed by atoms with Gasteiger partial charge in [0, 0.05) is 11.4 Å². The Hall–Kier alpha value is -3.72. The molecule has 1 aliphatic rings.